The number of guanidine groups is 1. The molecule has 0 aromatic heterocycles. The van der Waals surface area contributed by atoms with Crippen molar-refractivity contribution in [1.82, 2.24) is 10.6 Å². The summed E-state index contributed by atoms with van der Waals surface area (Å²) in [6, 6.07) is 0.470. The topological polar surface area (TPSA) is 56.7 Å². The van der Waals surface area contributed by atoms with Crippen LogP contribution in [0.15, 0.2) is 4.99 Å². The molecule has 4 nitrogen and oxygen atoms in total. The van der Waals surface area contributed by atoms with Crippen molar-refractivity contribution in [1.29, 1.82) is 0 Å². The van der Waals surface area contributed by atoms with Gasteiger partial charge in [-0.15, -0.1) is 0 Å². The number of aliphatic hydroxyl groups excluding tert-OH is 1. The molecule has 18 heavy (non-hydrogen) atoms. The summed E-state index contributed by atoms with van der Waals surface area (Å²) in [5.41, 5.74) is 0. The highest BCUT2D eigenvalue weighted by Gasteiger charge is 2.19. The van der Waals surface area contributed by atoms with Gasteiger partial charge in [-0.25, -0.2) is 0 Å². The number of nitrogens with zero attached hydrogens (tertiary/aromatic N) is 1. The highest BCUT2D eigenvalue weighted by Crippen LogP contribution is 2.18. The van der Waals surface area contributed by atoms with Crippen LogP contribution in [0.5, 0.6) is 0 Å². The van der Waals surface area contributed by atoms with E-state index in [0.717, 1.165) is 51.2 Å². The van der Waals surface area contributed by atoms with Gasteiger partial charge in [0.1, 0.15) is 0 Å². The Morgan fingerprint density at radius 3 is 2.50 bits per heavy atom. The Morgan fingerprint density at radius 2 is 1.89 bits per heavy atom. The van der Waals surface area contributed by atoms with Crippen molar-refractivity contribution in [3.05, 3.63) is 0 Å². The quantitative estimate of drug-likeness (QED) is 0.387. The molecular formula is C14H29N3O. The fraction of sp³-hybridized carbons (Fsp3) is 0.929. The molecule has 0 aromatic rings. The van der Waals surface area contributed by atoms with Crippen molar-refractivity contribution in [2.75, 3.05) is 13.1 Å². The van der Waals surface area contributed by atoms with E-state index in [2.05, 4.69) is 29.5 Å². The minimum absolute atomic E-state index is 0.0906. The van der Waals surface area contributed by atoms with Gasteiger partial charge in [0, 0.05) is 19.1 Å². The van der Waals surface area contributed by atoms with Gasteiger partial charge in [-0.1, -0.05) is 19.8 Å². The molecule has 1 rings (SSSR count). The molecule has 0 unspecified atom stereocenters. The van der Waals surface area contributed by atoms with Crippen LogP contribution in [0.1, 0.15) is 58.8 Å². The molecule has 0 aromatic carbocycles. The molecule has 1 aliphatic carbocycles. The number of aliphatic hydroxyl groups is 1. The molecule has 0 radical (unpaired) electrons. The average molecular weight is 255 g/mol. The first-order valence-corrected chi connectivity index (χ1v) is 7.49. The van der Waals surface area contributed by atoms with E-state index >= 15 is 0 Å². The number of rotatable bonds is 6. The normalized spacial score (nSPS) is 24.9. The van der Waals surface area contributed by atoms with Gasteiger partial charge >= 0.3 is 0 Å². The summed E-state index contributed by atoms with van der Waals surface area (Å²) < 4.78 is 0. The van der Waals surface area contributed by atoms with Crippen LogP contribution in [0.3, 0.4) is 0 Å². The molecule has 0 atom stereocenters. The molecule has 106 valence electrons. The van der Waals surface area contributed by atoms with Gasteiger partial charge in [-0.05, 0) is 39.0 Å². The van der Waals surface area contributed by atoms with Crippen LogP contribution < -0.4 is 10.6 Å². The van der Waals surface area contributed by atoms with Gasteiger partial charge in [-0.2, -0.15) is 0 Å². The molecule has 0 bridgehead atoms. The number of hydrogen-bond donors (Lipinski definition) is 3. The Kier molecular flexibility index (Phi) is 7.81. The van der Waals surface area contributed by atoms with Gasteiger partial charge in [-0.3, -0.25) is 4.99 Å². The first-order chi connectivity index (χ1) is 8.76. The molecule has 0 saturated heterocycles. The van der Waals surface area contributed by atoms with Crippen LogP contribution in [0.25, 0.3) is 0 Å². The van der Waals surface area contributed by atoms with E-state index in [9.17, 15) is 5.11 Å². The molecule has 1 fully saturated rings. The third-order valence-electron chi connectivity index (χ3n) is 3.41. The fourth-order valence-corrected chi connectivity index (χ4v) is 2.29. The predicted octanol–water partition coefficient (Wildman–Crippen LogP) is 2.04. The molecule has 0 spiro atoms. The smallest absolute Gasteiger partial charge is 0.191 e. The van der Waals surface area contributed by atoms with Gasteiger partial charge in [0.15, 0.2) is 5.96 Å². The number of unbranched alkanes of at least 4 members (excludes halogenated alkanes) is 2. The van der Waals surface area contributed by atoms with E-state index < -0.39 is 0 Å². The minimum atomic E-state index is -0.0906. The lowest BCUT2D eigenvalue weighted by molar-refractivity contribution is 0.120. The monoisotopic (exact) mass is 255 g/mol. The maximum atomic E-state index is 9.49. The minimum Gasteiger partial charge on any atom is -0.393 e. The first kappa shape index (κ1) is 15.3. The van der Waals surface area contributed by atoms with Crippen LogP contribution in [-0.4, -0.2) is 36.3 Å². The zero-order chi connectivity index (χ0) is 13.2. The van der Waals surface area contributed by atoms with E-state index in [4.69, 9.17) is 0 Å². The van der Waals surface area contributed by atoms with E-state index in [1.807, 2.05) is 0 Å². The van der Waals surface area contributed by atoms with Crippen LogP contribution in [-0.2, 0) is 0 Å². The second kappa shape index (κ2) is 9.20. The molecule has 0 heterocycles. The number of hydrogen-bond acceptors (Lipinski definition) is 2. The van der Waals surface area contributed by atoms with Gasteiger partial charge < -0.3 is 15.7 Å². The summed E-state index contributed by atoms with van der Waals surface area (Å²) in [6.45, 7) is 6.10. The van der Waals surface area contributed by atoms with E-state index in [-0.39, 0.29) is 6.10 Å². The van der Waals surface area contributed by atoms with Crippen molar-refractivity contribution >= 4 is 5.96 Å². The lowest BCUT2D eigenvalue weighted by Crippen LogP contribution is -2.45. The Bertz CT molecular complexity index is 235. The predicted molar refractivity (Wildman–Crippen MR) is 76.9 cm³/mol. The van der Waals surface area contributed by atoms with Crippen molar-refractivity contribution in [2.45, 2.75) is 70.9 Å². The zero-order valence-corrected chi connectivity index (χ0v) is 11.9. The Labute approximate surface area is 111 Å². The maximum absolute atomic E-state index is 9.49. The second-order valence-corrected chi connectivity index (χ2v) is 5.12. The molecule has 3 N–H and O–H groups in total. The van der Waals surface area contributed by atoms with Crippen molar-refractivity contribution < 1.29 is 5.11 Å². The van der Waals surface area contributed by atoms with Gasteiger partial charge in [0.05, 0.1) is 6.10 Å². The average Bonchev–Trinajstić information content (AvgIpc) is 2.37. The summed E-state index contributed by atoms with van der Waals surface area (Å²) in [6.07, 6.45) is 7.46. The van der Waals surface area contributed by atoms with E-state index in [1.165, 1.54) is 12.8 Å². The Hall–Kier alpha value is -0.770. The molecule has 1 saturated carbocycles. The van der Waals surface area contributed by atoms with Crippen LogP contribution in [0.4, 0.5) is 0 Å². The van der Waals surface area contributed by atoms with Gasteiger partial charge in [0.2, 0.25) is 0 Å². The summed E-state index contributed by atoms with van der Waals surface area (Å²) in [5.74, 6) is 0.940. The largest absolute Gasteiger partial charge is 0.393 e. The van der Waals surface area contributed by atoms with Crippen molar-refractivity contribution in [2.24, 2.45) is 4.99 Å². The second-order valence-electron chi connectivity index (χ2n) is 5.12. The van der Waals surface area contributed by atoms with Crippen molar-refractivity contribution in [3.8, 4) is 0 Å². The summed E-state index contributed by atoms with van der Waals surface area (Å²) in [4.78, 5) is 4.60. The summed E-state index contributed by atoms with van der Waals surface area (Å²) >= 11 is 0. The molecular weight excluding hydrogens is 226 g/mol. The maximum Gasteiger partial charge on any atom is 0.191 e. The molecule has 0 aliphatic heterocycles. The van der Waals surface area contributed by atoms with E-state index in [1.54, 1.807) is 0 Å². The standard InChI is InChI=1S/C14H29N3O/c1-3-5-6-11-16-14(15-4-2)17-12-7-9-13(18)10-8-12/h12-13,18H,3-11H2,1-2H3,(H2,15,16,17). The Morgan fingerprint density at radius 1 is 1.17 bits per heavy atom. The van der Waals surface area contributed by atoms with E-state index in [0.29, 0.717) is 6.04 Å². The third-order valence-corrected chi connectivity index (χ3v) is 3.41. The lowest BCUT2D eigenvalue weighted by atomic mass is 9.93. The third kappa shape index (κ3) is 6.24. The van der Waals surface area contributed by atoms with Crippen LogP contribution in [0, 0.1) is 0 Å². The van der Waals surface area contributed by atoms with Crippen LogP contribution in [0.2, 0.25) is 0 Å². The van der Waals surface area contributed by atoms with Gasteiger partial charge in [0.25, 0.3) is 0 Å². The highest BCUT2D eigenvalue weighted by molar-refractivity contribution is 5.80. The number of aliphatic imine (C=N–C) groups is 1. The zero-order valence-electron chi connectivity index (χ0n) is 11.9. The molecule has 4 heteroatoms. The summed E-state index contributed by atoms with van der Waals surface area (Å²) in [7, 11) is 0. The first-order valence-electron chi connectivity index (χ1n) is 7.49. The highest BCUT2D eigenvalue weighted by atomic mass is 16.3. The molecule has 1 aliphatic rings. The number of nitrogens with one attached hydrogen (secondary N) is 2. The molecule has 0 amide bonds. The summed E-state index contributed by atoms with van der Waals surface area (Å²) in [5, 5.41) is 16.3. The lowest BCUT2D eigenvalue weighted by Gasteiger charge is -2.27. The van der Waals surface area contributed by atoms with Crippen LogP contribution >= 0.6 is 0 Å². The van der Waals surface area contributed by atoms with Crippen molar-refractivity contribution in [3.63, 3.8) is 0 Å². The Balaban J connectivity index is 2.31. The SMILES string of the molecule is CCCCCN=C(NCC)NC1CCC(O)CC1. The fourth-order valence-electron chi connectivity index (χ4n) is 2.29.